The number of fused-ring (bicyclic) bond motifs is 2. The van der Waals surface area contributed by atoms with Crippen LogP contribution < -0.4 is 5.56 Å². The van der Waals surface area contributed by atoms with Crippen LogP contribution in [0.4, 0.5) is 0 Å². The van der Waals surface area contributed by atoms with Gasteiger partial charge in [0, 0.05) is 43.4 Å². The van der Waals surface area contributed by atoms with Gasteiger partial charge in [0.15, 0.2) is 5.65 Å². The number of nitrogens with one attached hydrogen (secondary N) is 1. The lowest BCUT2D eigenvalue weighted by Gasteiger charge is -2.16. The van der Waals surface area contributed by atoms with Crippen molar-refractivity contribution in [2.45, 2.75) is 70.5 Å². The van der Waals surface area contributed by atoms with Crippen LogP contribution in [-0.4, -0.2) is 47.5 Å². The monoisotopic (exact) mass is 407 g/mol. The highest BCUT2D eigenvalue weighted by atomic mass is 16.1. The minimum absolute atomic E-state index is 0.0562. The van der Waals surface area contributed by atoms with Gasteiger partial charge in [-0.3, -0.25) is 14.4 Å². The second-order valence-electron chi connectivity index (χ2n) is 9.44. The summed E-state index contributed by atoms with van der Waals surface area (Å²) in [6.07, 6.45) is 10.8. The van der Waals surface area contributed by atoms with E-state index in [0.717, 1.165) is 56.9 Å². The highest BCUT2D eigenvalue weighted by Gasteiger charge is 2.34. The van der Waals surface area contributed by atoms with Crippen LogP contribution in [-0.2, 0) is 19.5 Å². The zero-order valence-corrected chi connectivity index (χ0v) is 17.5. The number of nitrogens with zero attached hydrogens (tertiary/aromatic N) is 6. The van der Waals surface area contributed by atoms with Crippen LogP contribution in [0.5, 0.6) is 0 Å². The van der Waals surface area contributed by atoms with Crippen LogP contribution >= 0.6 is 0 Å². The first-order chi connectivity index (χ1) is 14.7. The van der Waals surface area contributed by atoms with Crippen LogP contribution in [0, 0.1) is 5.92 Å². The lowest BCUT2D eigenvalue weighted by molar-refractivity contribution is 0.317. The Bertz CT molecular complexity index is 1140. The first kappa shape index (κ1) is 18.3. The third-order valence-electron chi connectivity index (χ3n) is 7.40. The fraction of sp³-hybridized carbons (Fsp3) is 0.636. The normalized spacial score (nSPS) is 25.0. The summed E-state index contributed by atoms with van der Waals surface area (Å²) in [6, 6.07) is 0.381. The van der Waals surface area contributed by atoms with Crippen molar-refractivity contribution >= 4 is 11.0 Å². The van der Waals surface area contributed by atoms with E-state index in [0.29, 0.717) is 17.3 Å². The second kappa shape index (κ2) is 7.04. The molecule has 0 aromatic carbocycles. The van der Waals surface area contributed by atoms with Crippen molar-refractivity contribution in [1.29, 1.82) is 0 Å². The Balaban J connectivity index is 1.28. The van der Waals surface area contributed by atoms with Gasteiger partial charge in [0.1, 0.15) is 11.2 Å². The Hall–Kier alpha value is -2.48. The molecular weight excluding hydrogens is 378 g/mol. The summed E-state index contributed by atoms with van der Waals surface area (Å²) in [5, 5.41) is 9.69. The number of aromatic nitrogens is 6. The molecule has 8 heteroatoms. The number of hydrogen-bond acceptors (Lipinski definition) is 5. The summed E-state index contributed by atoms with van der Waals surface area (Å²) in [5.41, 5.74) is 3.47. The molecule has 2 fully saturated rings. The molecule has 8 nitrogen and oxygen atoms in total. The van der Waals surface area contributed by atoms with E-state index >= 15 is 0 Å². The first-order valence-electron chi connectivity index (χ1n) is 11.4. The van der Waals surface area contributed by atoms with Crippen molar-refractivity contribution in [2.24, 2.45) is 5.92 Å². The molecule has 30 heavy (non-hydrogen) atoms. The largest absolute Gasteiger partial charge is 0.310 e. The van der Waals surface area contributed by atoms with E-state index in [4.69, 9.17) is 4.98 Å². The summed E-state index contributed by atoms with van der Waals surface area (Å²) in [7, 11) is 0. The molecule has 2 aliphatic heterocycles. The van der Waals surface area contributed by atoms with E-state index in [2.05, 4.69) is 31.7 Å². The molecule has 2 atom stereocenters. The number of likely N-dealkylation sites (tertiary alicyclic amines) is 1. The fourth-order valence-corrected chi connectivity index (χ4v) is 5.80. The third-order valence-corrected chi connectivity index (χ3v) is 7.40. The van der Waals surface area contributed by atoms with Crippen molar-refractivity contribution in [3.05, 3.63) is 39.8 Å². The maximum absolute atomic E-state index is 12.8. The summed E-state index contributed by atoms with van der Waals surface area (Å²) >= 11 is 0. The quantitative estimate of drug-likeness (QED) is 0.719. The van der Waals surface area contributed by atoms with E-state index in [-0.39, 0.29) is 11.5 Å². The third kappa shape index (κ3) is 2.92. The van der Waals surface area contributed by atoms with Gasteiger partial charge in [-0.2, -0.15) is 10.2 Å². The maximum atomic E-state index is 12.8. The summed E-state index contributed by atoms with van der Waals surface area (Å²) in [6.45, 7) is 6.18. The highest BCUT2D eigenvalue weighted by molar-refractivity contribution is 5.73. The van der Waals surface area contributed by atoms with Gasteiger partial charge in [0.25, 0.3) is 5.56 Å². The smallest absolute Gasteiger partial charge is 0.262 e. The van der Waals surface area contributed by atoms with Crippen LogP contribution in [0.2, 0.25) is 0 Å². The predicted molar refractivity (Wildman–Crippen MR) is 113 cm³/mol. The first-order valence-corrected chi connectivity index (χ1v) is 11.4. The van der Waals surface area contributed by atoms with Crippen LogP contribution in [0.3, 0.4) is 0 Å². The standard InChI is InChI=1S/C22H29N7O/c1-14-11-27(12-15-9-23-28-8-4-7-19(15)28)13-18(14)20-25-21-17(22(30)26-20)10-24-29(21)16-5-2-3-6-16/h9-10,14,16,18H,2-8,11-13H2,1H3,(H,25,26,30)/t14-,18-/m1/s1. The summed E-state index contributed by atoms with van der Waals surface area (Å²) in [4.78, 5) is 23.3. The highest BCUT2D eigenvalue weighted by Crippen LogP contribution is 2.34. The number of rotatable bonds is 4. The van der Waals surface area contributed by atoms with Crippen LogP contribution in [0.1, 0.15) is 68.1 Å². The molecule has 0 spiro atoms. The van der Waals surface area contributed by atoms with E-state index in [1.54, 1.807) is 6.20 Å². The van der Waals surface area contributed by atoms with Crippen molar-refractivity contribution in [2.75, 3.05) is 13.1 Å². The number of aryl methyl sites for hydroxylation is 1. The SMILES string of the molecule is C[C@@H]1CN(Cc2cnn3c2CCC3)C[C@H]1c1nc2c(cnn2C2CCCC2)c(=O)[nH]1. The van der Waals surface area contributed by atoms with E-state index in [1.165, 1.54) is 30.5 Å². The Morgan fingerprint density at radius 1 is 1.13 bits per heavy atom. The van der Waals surface area contributed by atoms with Gasteiger partial charge in [-0.15, -0.1) is 0 Å². The molecule has 1 N–H and O–H groups in total. The second-order valence-corrected chi connectivity index (χ2v) is 9.44. The molecule has 0 bridgehead atoms. The molecule has 3 aliphatic rings. The van der Waals surface area contributed by atoms with E-state index < -0.39 is 0 Å². The molecule has 3 aromatic rings. The molecule has 1 aliphatic carbocycles. The zero-order valence-electron chi connectivity index (χ0n) is 17.5. The Kier molecular flexibility index (Phi) is 4.30. The van der Waals surface area contributed by atoms with Gasteiger partial charge in [-0.25, -0.2) is 9.67 Å². The lowest BCUT2D eigenvalue weighted by Crippen LogP contribution is -2.22. The maximum Gasteiger partial charge on any atom is 0.262 e. The molecule has 0 amide bonds. The molecule has 158 valence electrons. The fourth-order valence-electron chi connectivity index (χ4n) is 5.80. The molecule has 6 rings (SSSR count). The average molecular weight is 408 g/mol. The number of aromatic amines is 1. The molecule has 5 heterocycles. The molecule has 3 aromatic heterocycles. The Morgan fingerprint density at radius 2 is 2.00 bits per heavy atom. The van der Waals surface area contributed by atoms with Gasteiger partial charge >= 0.3 is 0 Å². The van der Waals surface area contributed by atoms with Gasteiger partial charge in [-0.1, -0.05) is 19.8 Å². The number of H-pyrrole nitrogens is 1. The van der Waals surface area contributed by atoms with Gasteiger partial charge in [0.05, 0.1) is 18.4 Å². The van der Waals surface area contributed by atoms with Crippen LogP contribution in [0.25, 0.3) is 11.0 Å². The Labute approximate surface area is 175 Å². The summed E-state index contributed by atoms with van der Waals surface area (Å²) < 4.78 is 4.16. The van der Waals surface area contributed by atoms with Gasteiger partial charge < -0.3 is 4.98 Å². The minimum Gasteiger partial charge on any atom is -0.310 e. The number of hydrogen-bond donors (Lipinski definition) is 1. The summed E-state index contributed by atoms with van der Waals surface area (Å²) in [5.74, 6) is 1.50. The van der Waals surface area contributed by atoms with Crippen molar-refractivity contribution < 1.29 is 0 Å². The topological polar surface area (TPSA) is 84.6 Å². The predicted octanol–water partition coefficient (Wildman–Crippen LogP) is 2.61. The molecule has 1 saturated heterocycles. The van der Waals surface area contributed by atoms with Crippen molar-refractivity contribution in [3.8, 4) is 0 Å². The molecule has 0 radical (unpaired) electrons. The molecular formula is C22H29N7O. The lowest BCUT2D eigenvalue weighted by atomic mass is 9.97. The van der Waals surface area contributed by atoms with Gasteiger partial charge in [-0.05, 0) is 31.6 Å². The minimum atomic E-state index is -0.0562. The molecule has 1 saturated carbocycles. The van der Waals surface area contributed by atoms with E-state index in [9.17, 15) is 4.79 Å². The Morgan fingerprint density at radius 3 is 2.87 bits per heavy atom. The van der Waals surface area contributed by atoms with Crippen molar-refractivity contribution in [1.82, 2.24) is 34.4 Å². The van der Waals surface area contributed by atoms with Crippen molar-refractivity contribution in [3.63, 3.8) is 0 Å². The molecule has 0 unspecified atom stereocenters. The van der Waals surface area contributed by atoms with Crippen LogP contribution in [0.15, 0.2) is 17.2 Å². The average Bonchev–Trinajstić information content (AvgIpc) is 3.52. The van der Waals surface area contributed by atoms with E-state index in [1.807, 2.05) is 10.9 Å². The zero-order chi connectivity index (χ0) is 20.2. The van der Waals surface area contributed by atoms with Gasteiger partial charge in [0.2, 0.25) is 0 Å².